The van der Waals surface area contributed by atoms with E-state index in [1.165, 1.54) is 15.4 Å². The van der Waals surface area contributed by atoms with Crippen molar-refractivity contribution >= 4 is 46.7 Å². The maximum Gasteiger partial charge on any atom is 0.0426 e. The molecule has 0 atom stereocenters. The molecule has 0 spiro atoms. The maximum atomic E-state index is 6.24. The summed E-state index contributed by atoms with van der Waals surface area (Å²) in [5, 5.41) is 1.33. The highest BCUT2D eigenvalue weighted by molar-refractivity contribution is 8.03. The number of hydrogen-bond acceptors (Lipinski definition) is 2. The van der Waals surface area contributed by atoms with Crippen molar-refractivity contribution in [3.63, 3.8) is 0 Å². The molecule has 24 heavy (non-hydrogen) atoms. The fourth-order valence-electron chi connectivity index (χ4n) is 2.27. The van der Waals surface area contributed by atoms with Crippen molar-refractivity contribution in [1.82, 2.24) is 0 Å². The second kappa shape index (κ2) is 7.53. The first-order chi connectivity index (χ1) is 10.9. The molecule has 4 heteroatoms. The van der Waals surface area contributed by atoms with Gasteiger partial charge in [0.15, 0.2) is 0 Å². The Labute approximate surface area is 164 Å². The van der Waals surface area contributed by atoms with Crippen LogP contribution in [0.15, 0.2) is 46.2 Å². The van der Waals surface area contributed by atoms with E-state index in [1.807, 2.05) is 35.7 Å². The SMILES string of the molecule is CC(C)(C)Sc1cccc(-c2cc(Cl)cc(Cl)c2)c1SC(C)(C)C. The first-order valence-electron chi connectivity index (χ1n) is 7.92. The van der Waals surface area contributed by atoms with E-state index in [9.17, 15) is 0 Å². The fourth-order valence-corrected chi connectivity index (χ4v) is 5.14. The molecule has 0 N–H and O–H groups in total. The number of hydrogen-bond donors (Lipinski definition) is 0. The Morgan fingerprint density at radius 3 is 1.79 bits per heavy atom. The van der Waals surface area contributed by atoms with E-state index in [0.717, 1.165) is 5.56 Å². The lowest BCUT2D eigenvalue weighted by molar-refractivity contribution is 0.795. The third kappa shape index (κ3) is 5.91. The Morgan fingerprint density at radius 2 is 1.29 bits per heavy atom. The average molecular weight is 399 g/mol. The minimum absolute atomic E-state index is 0.117. The maximum absolute atomic E-state index is 6.24. The minimum Gasteiger partial charge on any atom is -0.119 e. The van der Waals surface area contributed by atoms with E-state index in [4.69, 9.17) is 23.2 Å². The molecular formula is C20H24Cl2S2. The molecule has 0 aliphatic heterocycles. The summed E-state index contributed by atoms with van der Waals surface area (Å²) >= 11 is 16.3. The summed E-state index contributed by atoms with van der Waals surface area (Å²) in [5.74, 6) is 0. The van der Waals surface area contributed by atoms with Crippen LogP contribution in [0, 0.1) is 0 Å². The third-order valence-electron chi connectivity index (χ3n) is 2.98. The van der Waals surface area contributed by atoms with Gasteiger partial charge in [0.2, 0.25) is 0 Å². The van der Waals surface area contributed by atoms with E-state index in [2.05, 4.69) is 59.7 Å². The van der Waals surface area contributed by atoms with Gasteiger partial charge in [-0.1, -0.05) is 76.9 Å². The topological polar surface area (TPSA) is 0 Å². The van der Waals surface area contributed by atoms with Gasteiger partial charge in [0.25, 0.3) is 0 Å². The zero-order valence-electron chi connectivity index (χ0n) is 15.0. The molecule has 0 aliphatic rings. The molecule has 0 amide bonds. The van der Waals surface area contributed by atoms with Gasteiger partial charge in [-0.3, -0.25) is 0 Å². The van der Waals surface area contributed by atoms with Gasteiger partial charge < -0.3 is 0 Å². The number of halogens is 2. The highest BCUT2D eigenvalue weighted by atomic mass is 35.5. The van der Waals surface area contributed by atoms with Gasteiger partial charge in [-0.25, -0.2) is 0 Å². The second-order valence-corrected chi connectivity index (χ2v) is 12.3. The van der Waals surface area contributed by atoms with Crippen LogP contribution in [-0.4, -0.2) is 9.49 Å². The first-order valence-corrected chi connectivity index (χ1v) is 10.3. The Morgan fingerprint density at radius 1 is 0.750 bits per heavy atom. The van der Waals surface area contributed by atoms with Crippen molar-refractivity contribution in [3.8, 4) is 11.1 Å². The van der Waals surface area contributed by atoms with E-state index in [1.54, 1.807) is 6.07 Å². The van der Waals surface area contributed by atoms with E-state index >= 15 is 0 Å². The summed E-state index contributed by atoms with van der Waals surface area (Å²) in [7, 11) is 0. The summed E-state index contributed by atoms with van der Waals surface area (Å²) in [4.78, 5) is 2.60. The van der Waals surface area contributed by atoms with Crippen LogP contribution in [0.4, 0.5) is 0 Å². The average Bonchev–Trinajstić information content (AvgIpc) is 2.36. The molecule has 0 aromatic heterocycles. The van der Waals surface area contributed by atoms with Gasteiger partial charge in [0.05, 0.1) is 0 Å². The molecule has 2 aromatic carbocycles. The monoisotopic (exact) mass is 398 g/mol. The van der Waals surface area contributed by atoms with E-state index < -0.39 is 0 Å². The van der Waals surface area contributed by atoms with Crippen LogP contribution in [0.3, 0.4) is 0 Å². The zero-order chi connectivity index (χ0) is 18.1. The van der Waals surface area contributed by atoms with Crippen LogP contribution < -0.4 is 0 Å². The highest BCUT2D eigenvalue weighted by Crippen LogP contribution is 2.47. The summed E-state index contributed by atoms with van der Waals surface area (Å²) in [6.07, 6.45) is 0. The Kier molecular flexibility index (Phi) is 6.29. The van der Waals surface area contributed by atoms with Crippen molar-refractivity contribution in [3.05, 3.63) is 46.4 Å². The van der Waals surface area contributed by atoms with Crippen LogP contribution in [0.25, 0.3) is 11.1 Å². The molecule has 0 nitrogen and oxygen atoms in total. The van der Waals surface area contributed by atoms with Crippen LogP contribution in [0.2, 0.25) is 10.0 Å². The van der Waals surface area contributed by atoms with Crippen LogP contribution in [0.1, 0.15) is 41.5 Å². The summed E-state index contributed by atoms with van der Waals surface area (Å²) in [6.45, 7) is 13.4. The molecule has 0 fully saturated rings. The molecule has 0 saturated heterocycles. The number of benzene rings is 2. The first kappa shape index (κ1) is 20.0. The lowest BCUT2D eigenvalue weighted by Gasteiger charge is -2.26. The van der Waals surface area contributed by atoms with Crippen molar-refractivity contribution in [2.24, 2.45) is 0 Å². The summed E-state index contributed by atoms with van der Waals surface area (Å²) in [6, 6.07) is 12.2. The molecule has 0 heterocycles. The van der Waals surface area contributed by atoms with E-state index in [-0.39, 0.29) is 9.49 Å². The van der Waals surface area contributed by atoms with Crippen molar-refractivity contribution in [1.29, 1.82) is 0 Å². The lowest BCUT2D eigenvalue weighted by atomic mass is 10.1. The van der Waals surface area contributed by atoms with Crippen molar-refractivity contribution in [2.45, 2.75) is 60.8 Å². The van der Waals surface area contributed by atoms with Crippen LogP contribution in [-0.2, 0) is 0 Å². The molecule has 2 aromatic rings. The molecule has 0 radical (unpaired) electrons. The zero-order valence-corrected chi connectivity index (χ0v) is 18.2. The molecule has 0 aliphatic carbocycles. The lowest BCUT2D eigenvalue weighted by Crippen LogP contribution is -2.10. The molecule has 130 valence electrons. The third-order valence-corrected chi connectivity index (χ3v) is 5.97. The molecule has 2 rings (SSSR count). The Hall–Kier alpha value is -0.280. The highest BCUT2D eigenvalue weighted by Gasteiger charge is 2.22. The molecule has 0 unspecified atom stereocenters. The van der Waals surface area contributed by atoms with Crippen molar-refractivity contribution in [2.75, 3.05) is 0 Å². The normalized spacial score (nSPS) is 12.5. The van der Waals surface area contributed by atoms with Gasteiger partial charge in [0.1, 0.15) is 0 Å². The number of thioether (sulfide) groups is 2. The standard InChI is InChI=1S/C20H24Cl2S2/c1-19(2,3)23-17-9-7-8-16(18(17)24-20(4,5)6)13-10-14(21)12-15(22)11-13/h7-12H,1-6H3. The Bertz CT molecular complexity index is 705. The van der Waals surface area contributed by atoms with E-state index in [0.29, 0.717) is 10.0 Å². The number of rotatable bonds is 3. The van der Waals surface area contributed by atoms with Gasteiger partial charge in [-0.15, -0.1) is 23.5 Å². The van der Waals surface area contributed by atoms with Gasteiger partial charge >= 0.3 is 0 Å². The van der Waals surface area contributed by atoms with Crippen LogP contribution in [0.5, 0.6) is 0 Å². The predicted octanol–water partition coefficient (Wildman–Crippen LogP) is 8.44. The predicted molar refractivity (Wildman–Crippen MR) is 113 cm³/mol. The van der Waals surface area contributed by atoms with Crippen LogP contribution >= 0.6 is 46.7 Å². The smallest absolute Gasteiger partial charge is 0.0426 e. The van der Waals surface area contributed by atoms with Gasteiger partial charge in [-0.05, 0) is 35.4 Å². The van der Waals surface area contributed by atoms with Crippen molar-refractivity contribution < 1.29 is 0 Å². The summed E-state index contributed by atoms with van der Waals surface area (Å²) < 4.78 is 0.267. The fraction of sp³-hybridized carbons (Fsp3) is 0.400. The molecule has 0 bridgehead atoms. The molecular weight excluding hydrogens is 375 g/mol. The van der Waals surface area contributed by atoms with Gasteiger partial charge in [-0.2, -0.15) is 0 Å². The van der Waals surface area contributed by atoms with Gasteiger partial charge in [0, 0.05) is 29.3 Å². The molecule has 0 saturated carbocycles. The second-order valence-electron chi connectivity index (χ2n) is 7.72. The Balaban J connectivity index is 2.63. The minimum atomic E-state index is 0.117. The quantitative estimate of drug-likeness (QED) is 0.475. The summed E-state index contributed by atoms with van der Waals surface area (Å²) in [5.41, 5.74) is 2.25. The largest absolute Gasteiger partial charge is 0.119 e.